The molecule has 8 heteroatoms. The van der Waals surface area contributed by atoms with Crippen molar-refractivity contribution in [2.24, 2.45) is 11.8 Å². The predicted octanol–water partition coefficient (Wildman–Crippen LogP) is 3.99. The second kappa shape index (κ2) is 7.24. The average Bonchev–Trinajstić information content (AvgIpc) is 3.62. The summed E-state index contributed by atoms with van der Waals surface area (Å²) in [6.45, 7) is 0.740. The van der Waals surface area contributed by atoms with Crippen LogP contribution in [0.2, 0.25) is 0 Å². The Kier molecular flexibility index (Phi) is 4.20. The molecule has 0 N–H and O–H groups in total. The molecule has 37 heavy (non-hydrogen) atoms. The highest BCUT2D eigenvalue weighted by molar-refractivity contribution is 9.10. The van der Waals surface area contributed by atoms with Crippen molar-refractivity contribution in [2.45, 2.75) is 24.4 Å². The van der Waals surface area contributed by atoms with Crippen molar-refractivity contribution in [1.82, 2.24) is 14.5 Å². The van der Waals surface area contributed by atoms with Crippen LogP contribution in [0, 0.1) is 11.8 Å². The van der Waals surface area contributed by atoms with Gasteiger partial charge in [0, 0.05) is 16.1 Å². The second-order valence-corrected chi connectivity index (χ2v) is 11.1. The maximum absolute atomic E-state index is 14.5. The van der Waals surface area contributed by atoms with Crippen LogP contribution in [0.1, 0.15) is 24.2 Å². The lowest BCUT2D eigenvalue weighted by molar-refractivity contribution is -0.124. The molecule has 4 atom stereocenters. The molecule has 3 saturated heterocycles. The first-order chi connectivity index (χ1) is 18.0. The summed E-state index contributed by atoms with van der Waals surface area (Å²) >= 11 is 3.55. The Balaban J connectivity index is 1.46. The summed E-state index contributed by atoms with van der Waals surface area (Å²) in [6.07, 6.45) is 1.75. The van der Waals surface area contributed by atoms with E-state index < -0.39 is 17.4 Å². The molecule has 5 heterocycles. The van der Waals surface area contributed by atoms with Crippen molar-refractivity contribution in [3.63, 3.8) is 0 Å². The minimum atomic E-state index is -0.992. The van der Waals surface area contributed by atoms with Gasteiger partial charge in [-0.05, 0) is 65.6 Å². The van der Waals surface area contributed by atoms with E-state index in [2.05, 4.69) is 20.8 Å². The lowest BCUT2D eigenvalue weighted by Crippen LogP contribution is -2.51. The highest BCUT2D eigenvalue weighted by atomic mass is 79.9. The van der Waals surface area contributed by atoms with Gasteiger partial charge in [-0.1, -0.05) is 42.5 Å². The molecule has 1 aromatic heterocycles. The van der Waals surface area contributed by atoms with E-state index in [-0.39, 0.29) is 23.4 Å². The third kappa shape index (κ3) is 2.41. The van der Waals surface area contributed by atoms with E-state index in [0.717, 1.165) is 30.6 Å². The van der Waals surface area contributed by atoms with E-state index in [4.69, 9.17) is 4.98 Å². The SMILES string of the molecule is O=C1[C@H]2[C@H]3CCCN3[C@@]3(c4ccccc4-n4c3nc3ccccc3c4=O)[C@H]2C(=O)N1c1ccccc1Br. The summed E-state index contributed by atoms with van der Waals surface area (Å²) in [5.74, 6) is -1.05. The number of hydrogen-bond acceptors (Lipinski definition) is 5. The number of hydrogen-bond donors (Lipinski definition) is 0. The number of nitrogens with zero attached hydrogens (tertiary/aromatic N) is 4. The molecule has 3 fully saturated rings. The van der Waals surface area contributed by atoms with Crippen LogP contribution < -0.4 is 10.5 Å². The molecule has 0 unspecified atom stereocenters. The lowest BCUT2D eigenvalue weighted by atomic mass is 9.75. The number of aromatic nitrogens is 2. The fourth-order valence-electron chi connectivity index (χ4n) is 7.48. The zero-order chi connectivity index (χ0) is 25.1. The van der Waals surface area contributed by atoms with Crippen LogP contribution in [0.4, 0.5) is 5.69 Å². The van der Waals surface area contributed by atoms with E-state index in [0.29, 0.717) is 26.9 Å². The van der Waals surface area contributed by atoms with E-state index in [1.54, 1.807) is 16.7 Å². The molecule has 8 rings (SSSR count). The van der Waals surface area contributed by atoms with Gasteiger partial charge in [-0.2, -0.15) is 0 Å². The molecule has 2 amide bonds. The Morgan fingerprint density at radius 1 is 0.865 bits per heavy atom. The van der Waals surface area contributed by atoms with Crippen LogP contribution in [-0.4, -0.2) is 38.9 Å². The van der Waals surface area contributed by atoms with Crippen molar-refractivity contribution >= 4 is 44.3 Å². The van der Waals surface area contributed by atoms with Crippen molar-refractivity contribution < 1.29 is 9.59 Å². The van der Waals surface area contributed by atoms with Gasteiger partial charge in [-0.3, -0.25) is 23.9 Å². The van der Waals surface area contributed by atoms with Crippen LogP contribution in [-0.2, 0) is 15.1 Å². The van der Waals surface area contributed by atoms with Gasteiger partial charge in [0.25, 0.3) is 5.56 Å². The first kappa shape index (κ1) is 21.5. The van der Waals surface area contributed by atoms with Crippen molar-refractivity contribution in [3.05, 3.63) is 99.0 Å². The van der Waals surface area contributed by atoms with Crippen LogP contribution >= 0.6 is 15.9 Å². The molecule has 0 bridgehead atoms. The molecular weight excluding hydrogens is 532 g/mol. The summed E-state index contributed by atoms with van der Waals surface area (Å²) < 4.78 is 2.38. The highest BCUT2D eigenvalue weighted by Gasteiger charge is 2.73. The molecule has 182 valence electrons. The Bertz CT molecular complexity index is 1750. The number of amides is 2. The maximum Gasteiger partial charge on any atom is 0.266 e. The summed E-state index contributed by atoms with van der Waals surface area (Å²) in [4.78, 5) is 51.2. The third-order valence-electron chi connectivity index (χ3n) is 8.73. The fourth-order valence-corrected chi connectivity index (χ4v) is 7.95. The first-order valence-electron chi connectivity index (χ1n) is 12.6. The number of carbonyl (C=O) groups excluding carboxylic acids is 2. The third-order valence-corrected chi connectivity index (χ3v) is 9.40. The molecule has 0 aliphatic carbocycles. The number of halogens is 1. The van der Waals surface area contributed by atoms with Gasteiger partial charge < -0.3 is 0 Å². The number of rotatable bonds is 1. The zero-order valence-corrected chi connectivity index (χ0v) is 21.3. The Morgan fingerprint density at radius 3 is 2.43 bits per heavy atom. The van der Waals surface area contributed by atoms with E-state index >= 15 is 0 Å². The predicted molar refractivity (Wildman–Crippen MR) is 141 cm³/mol. The summed E-state index contributed by atoms with van der Waals surface area (Å²) in [5.41, 5.74) is 1.64. The van der Waals surface area contributed by atoms with Gasteiger partial charge in [0.2, 0.25) is 11.8 Å². The topological polar surface area (TPSA) is 75.5 Å². The minimum absolute atomic E-state index is 0.100. The van der Waals surface area contributed by atoms with E-state index in [1.165, 1.54) is 4.90 Å². The van der Waals surface area contributed by atoms with E-state index in [9.17, 15) is 14.4 Å². The normalized spacial score (nSPS) is 27.7. The molecule has 3 aromatic carbocycles. The van der Waals surface area contributed by atoms with Gasteiger partial charge in [-0.25, -0.2) is 9.88 Å². The van der Waals surface area contributed by atoms with Crippen LogP contribution in [0.25, 0.3) is 16.6 Å². The van der Waals surface area contributed by atoms with Crippen molar-refractivity contribution in [1.29, 1.82) is 0 Å². The van der Waals surface area contributed by atoms with Gasteiger partial charge in [0.05, 0.1) is 34.1 Å². The molecule has 0 saturated carbocycles. The number of para-hydroxylation sites is 3. The molecule has 4 aliphatic rings. The highest BCUT2D eigenvalue weighted by Crippen LogP contribution is 2.62. The molecule has 7 nitrogen and oxygen atoms in total. The largest absolute Gasteiger partial charge is 0.283 e. The fraction of sp³-hybridized carbons (Fsp3) is 0.241. The van der Waals surface area contributed by atoms with Crippen LogP contribution in [0.3, 0.4) is 0 Å². The van der Waals surface area contributed by atoms with Crippen LogP contribution in [0.15, 0.2) is 82.1 Å². The zero-order valence-electron chi connectivity index (χ0n) is 19.7. The Morgan fingerprint density at radius 2 is 1.59 bits per heavy atom. The average molecular weight is 553 g/mol. The van der Waals surface area contributed by atoms with Crippen LogP contribution in [0.5, 0.6) is 0 Å². The van der Waals surface area contributed by atoms with Gasteiger partial charge >= 0.3 is 0 Å². The lowest BCUT2D eigenvalue weighted by Gasteiger charge is -2.38. The van der Waals surface area contributed by atoms with Gasteiger partial charge in [-0.15, -0.1) is 0 Å². The Labute approximate surface area is 220 Å². The smallest absolute Gasteiger partial charge is 0.266 e. The quantitative estimate of drug-likeness (QED) is 0.334. The number of benzene rings is 3. The molecule has 4 aromatic rings. The summed E-state index contributed by atoms with van der Waals surface area (Å²) in [5, 5.41) is 0.536. The minimum Gasteiger partial charge on any atom is -0.283 e. The summed E-state index contributed by atoms with van der Waals surface area (Å²) in [6, 6.07) is 22.4. The van der Waals surface area contributed by atoms with Crippen molar-refractivity contribution in [2.75, 3.05) is 11.4 Å². The first-order valence-corrected chi connectivity index (χ1v) is 13.4. The van der Waals surface area contributed by atoms with E-state index in [1.807, 2.05) is 60.7 Å². The maximum atomic E-state index is 14.5. The standard InChI is InChI=1S/C29H21BrN4O3/c30-18-10-3-6-13-21(18)33-26(36)23-22-14-7-15-32(22)29(24(23)27(33)37)17-9-2-5-12-20(17)34-25(35)16-8-1-4-11-19(16)31-28(29)34/h1-6,8-13,22-24H,7,14-15H2/t22-,23+,24-,29+/m1/s1. The molecule has 1 spiro atoms. The number of carbonyl (C=O) groups is 2. The summed E-state index contributed by atoms with van der Waals surface area (Å²) in [7, 11) is 0. The number of imide groups is 1. The number of anilines is 1. The van der Waals surface area contributed by atoms with Gasteiger partial charge in [0.15, 0.2) is 0 Å². The monoisotopic (exact) mass is 552 g/mol. The molecule has 0 radical (unpaired) electrons. The Hall–Kier alpha value is -3.62. The second-order valence-electron chi connectivity index (χ2n) is 10.2. The van der Waals surface area contributed by atoms with Gasteiger partial charge in [0.1, 0.15) is 11.4 Å². The molecule has 4 aliphatic heterocycles. The number of fused-ring (bicyclic) bond motifs is 11. The van der Waals surface area contributed by atoms with Crippen molar-refractivity contribution in [3.8, 4) is 5.69 Å². The molecular formula is C29H21BrN4O3.